The molecule has 2 atom stereocenters. The van der Waals surface area contributed by atoms with Crippen molar-refractivity contribution in [3.8, 4) is 0 Å². The molecule has 19 heavy (non-hydrogen) atoms. The van der Waals surface area contributed by atoms with Crippen molar-refractivity contribution in [3.05, 3.63) is 27.2 Å². The van der Waals surface area contributed by atoms with Gasteiger partial charge in [0.15, 0.2) is 5.65 Å². The van der Waals surface area contributed by atoms with E-state index in [-0.39, 0.29) is 70.3 Å². The minimum atomic E-state index is -2.95. The molecule has 2 aromatic heterocycles. The summed E-state index contributed by atoms with van der Waals surface area (Å²) < 4.78 is 36.3. The maximum Gasteiger partial charge on any atom is 1.00 e. The number of hydrogen-bond donors (Lipinski definition) is 3. The van der Waals surface area contributed by atoms with Crippen LogP contribution in [0.1, 0.15) is 0 Å². The van der Waals surface area contributed by atoms with E-state index in [4.69, 9.17) is 17.5 Å². The van der Waals surface area contributed by atoms with Crippen LogP contribution in [-0.2, 0) is 20.2 Å². The molecule has 14 heteroatoms. The topological polar surface area (TPSA) is 175 Å². The molecule has 0 aliphatic carbocycles. The normalized spacial score (nSPS) is 12.3. The molecule has 0 aliphatic rings. The molecule has 0 fully saturated rings. The fraction of sp³-hybridized carbons (Fsp3) is 0. The van der Waals surface area contributed by atoms with E-state index in [1.165, 1.54) is 6.33 Å². The van der Waals surface area contributed by atoms with Crippen LogP contribution in [-0.4, -0.2) is 37.5 Å². The standard InChI is InChI=1S/C5H4N4O2.2Na.H2O4S2/c10-4-2-3(7-1-6-2)8-5(11)9-4;;;1-5(2)6(3)4/h1H,(H3,6,7,8,9,10,11);;;(H,1,2)(H,3,4)/q;2*+1;/p-2. The van der Waals surface area contributed by atoms with Crippen molar-refractivity contribution in [3.63, 3.8) is 0 Å². The Morgan fingerprint density at radius 3 is 2.05 bits per heavy atom. The van der Waals surface area contributed by atoms with Crippen molar-refractivity contribution in [2.24, 2.45) is 0 Å². The number of H-pyrrole nitrogens is 3. The summed E-state index contributed by atoms with van der Waals surface area (Å²) in [5, 5.41) is 0. The molecule has 3 N–H and O–H groups in total. The van der Waals surface area contributed by atoms with Gasteiger partial charge < -0.3 is 14.1 Å². The number of rotatable bonds is 1. The van der Waals surface area contributed by atoms with Crippen molar-refractivity contribution in [2.45, 2.75) is 0 Å². The Labute approximate surface area is 153 Å². The maximum absolute atomic E-state index is 10.9. The Bertz CT molecular complexity index is 668. The molecule has 0 spiro atoms. The van der Waals surface area contributed by atoms with Gasteiger partial charge in [-0.15, -0.1) is 0 Å². The zero-order chi connectivity index (χ0) is 13.0. The number of fused-ring (bicyclic) bond motifs is 1. The molecule has 0 amide bonds. The minimum Gasteiger partial charge on any atom is -0.763 e. The van der Waals surface area contributed by atoms with E-state index < -0.39 is 31.5 Å². The van der Waals surface area contributed by atoms with E-state index >= 15 is 0 Å². The molecule has 2 rings (SSSR count). The second kappa shape index (κ2) is 10.1. The van der Waals surface area contributed by atoms with Crippen molar-refractivity contribution in [1.82, 2.24) is 19.9 Å². The molecule has 0 saturated carbocycles. The van der Waals surface area contributed by atoms with Crippen molar-refractivity contribution in [1.29, 1.82) is 0 Å². The molecule has 0 bridgehead atoms. The van der Waals surface area contributed by atoms with Gasteiger partial charge in [-0.3, -0.25) is 23.2 Å². The summed E-state index contributed by atoms with van der Waals surface area (Å²) in [5.41, 5.74) is -0.445. The first-order chi connectivity index (χ1) is 7.91. The van der Waals surface area contributed by atoms with Gasteiger partial charge in [0.05, 0.1) is 6.33 Å². The summed E-state index contributed by atoms with van der Waals surface area (Å²) in [7, 11) is -5.90. The summed E-state index contributed by atoms with van der Waals surface area (Å²) in [4.78, 5) is 32.3. The Balaban J connectivity index is 0. The van der Waals surface area contributed by atoms with Crippen LogP contribution in [0.5, 0.6) is 0 Å². The molecule has 2 aromatic rings. The van der Waals surface area contributed by atoms with Gasteiger partial charge in [-0.05, 0) is 0 Å². The molecule has 0 saturated heterocycles. The molecule has 0 aliphatic heterocycles. The summed E-state index contributed by atoms with van der Waals surface area (Å²) >= 11 is 0. The fourth-order valence-corrected chi connectivity index (χ4v) is 0.867. The number of aromatic nitrogens is 4. The van der Waals surface area contributed by atoms with E-state index in [9.17, 15) is 9.59 Å². The summed E-state index contributed by atoms with van der Waals surface area (Å²) in [6.07, 6.45) is 1.34. The van der Waals surface area contributed by atoms with Crippen molar-refractivity contribution >= 4 is 31.4 Å². The third-order valence-corrected chi connectivity index (χ3v) is 2.33. The summed E-state index contributed by atoms with van der Waals surface area (Å²) in [6.45, 7) is 0. The predicted molar refractivity (Wildman–Crippen MR) is 55.2 cm³/mol. The quantitative estimate of drug-likeness (QED) is 0.265. The van der Waals surface area contributed by atoms with Crippen molar-refractivity contribution < 1.29 is 76.6 Å². The first-order valence-corrected chi connectivity index (χ1v) is 6.43. The Morgan fingerprint density at radius 2 is 1.58 bits per heavy atom. The van der Waals surface area contributed by atoms with E-state index in [2.05, 4.69) is 19.9 Å². The molecule has 2 heterocycles. The zero-order valence-corrected chi connectivity index (χ0v) is 15.4. The third-order valence-electron chi connectivity index (χ3n) is 1.44. The van der Waals surface area contributed by atoms with Gasteiger partial charge in [-0.1, -0.05) is 0 Å². The average molecular weight is 326 g/mol. The maximum atomic E-state index is 10.9. The monoisotopic (exact) mass is 326 g/mol. The van der Waals surface area contributed by atoms with Crippen molar-refractivity contribution in [2.75, 3.05) is 0 Å². The second-order valence-corrected chi connectivity index (χ2v) is 4.89. The van der Waals surface area contributed by atoms with Gasteiger partial charge in [0.1, 0.15) is 5.52 Å². The van der Waals surface area contributed by atoms with E-state index in [1.54, 1.807) is 0 Å². The van der Waals surface area contributed by atoms with Gasteiger partial charge >= 0.3 is 64.8 Å². The number of imidazole rings is 1. The van der Waals surface area contributed by atoms with Gasteiger partial charge in [-0.25, -0.2) is 9.78 Å². The molecule has 10 nitrogen and oxygen atoms in total. The van der Waals surface area contributed by atoms with Crippen LogP contribution < -0.4 is 70.4 Å². The zero-order valence-electron chi connectivity index (χ0n) is 9.79. The number of aromatic amines is 3. The van der Waals surface area contributed by atoms with E-state index in [0.29, 0.717) is 0 Å². The van der Waals surface area contributed by atoms with Crippen LogP contribution in [0, 0.1) is 0 Å². The first-order valence-electron chi connectivity index (χ1n) is 3.76. The first kappa shape index (κ1) is 21.7. The fourth-order valence-electron chi connectivity index (χ4n) is 0.867. The van der Waals surface area contributed by atoms with Gasteiger partial charge in [0, 0.05) is 20.2 Å². The largest absolute Gasteiger partial charge is 1.00 e. The molecule has 2 unspecified atom stereocenters. The molecular formula is C5H4N4Na2O6S2. The Morgan fingerprint density at radius 1 is 1.05 bits per heavy atom. The van der Waals surface area contributed by atoms with Gasteiger partial charge in [0.25, 0.3) is 5.56 Å². The SMILES string of the molecule is O=S([O-])S(=O)[O-].O=c1[nH]c(=O)c2[nH]cnc2[nH]1.[Na+].[Na+]. The van der Waals surface area contributed by atoms with Crippen LogP contribution in [0.3, 0.4) is 0 Å². The number of hydrogen-bond acceptors (Lipinski definition) is 7. The molecular weight excluding hydrogens is 322 g/mol. The summed E-state index contributed by atoms with van der Waals surface area (Å²) in [6, 6.07) is 0. The minimum absolute atomic E-state index is 0. The molecule has 94 valence electrons. The van der Waals surface area contributed by atoms with E-state index in [0.717, 1.165) is 0 Å². The predicted octanol–water partition coefficient (Wildman–Crippen LogP) is -8.39. The van der Waals surface area contributed by atoms with Crippen LogP contribution in [0.15, 0.2) is 15.9 Å². The van der Waals surface area contributed by atoms with Gasteiger partial charge in [-0.2, -0.15) is 0 Å². The number of nitrogens with one attached hydrogen (secondary N) is 3. The third kappa shape index (κ3) is 7.08. The number of nitrogens with zero attached hydrogens (tertiary/aromatic N) is 1. The van der Waals surface area contributed by atoms with Crippen LogP contribution >= 0.6 is 0 Å². The Kier molecular flexibility index (Phi) is 11.6. The summed E-state index contributed by atoms with van der Waals surface area (Å²) in [5.74, 6) is 0. The van der Waals surface area contributed by atoms with Crippen LogP contribution in [0.25, 0.3) is 11.2 Å². The average Bonchev–Trinajstić information content (AvgIpc) is 2.66. The van der Waals surface area contributed by atoms with E-state index in [1.807, 2.05) is 0 Å². The van der Waals surface area contributed by atoms with Crippen LogP contribution in [0.2, 0.25) is 0 Å². The Hall–Kier alpha value is 0.370. The van der Waals surface area contributed by atoms with Crippen LogP contribution in [0.4, 0.5) is 0 Å². The molecule has 0 aromatic carbocycles. The molecule has 0 radical (unpaired) electrons. The second-order valence-electron chi connectivity index (χ2n) is 2.44. The smallest absolute Gasteiger partial charge is 0.763 e. The van der Waals surface area contributed by atoms with Gasteiger partial charge in [0.2, 0.25) is 0 Å².